The smallest absolute Gasteiger partial charge is 0.0928 e. The number of rotatable bonds is 9. The number of hydrogen-bond acceptors (Lipinski definition) is 4. The Labute approximate surface area is 121 Å². The summed E-state index contributed by atoms with van der Waals surface area (Å²) in [5.41, 5.74) is 1.13. The Hall–Kier alpha value is -0.450. The molecular formula is C15H28N2OS. The molecule has 19 heavy (non-hydrogen) atoms. The summed E-state index contributed by atoms with van der Waals surface area (Å²) in [6.45, 7) is 10.6. The first-order valence-corrected chi connectivity index (χ1v) is 8.16. The van der Waals surface area contributed by atoms with Crippen LogP contribution in [0, 0.1) is 18.8 Å². The molecule has 1 unspecified atom stereocenters. The maximum atomic E-state index is 5.79. The molecule has 1 rings (SSSR count). The van der Waals surface area contributed by atoms with Gasteiger partial charge in [0.2, 0.25) is 0 Å². The molecular weight excluding hydrogens is 256 g/mol. The summed E-state index contributed by atoms with van der Waals surface area (Å²) in [5, 5.41) is 5.32. The molecule has 0 saturated carbocycles. The van der Waals surface area contributed by atoms with Crippen LogP contribution in [0.15, 0.2) is 5.38 Å². The number of hydrogen-bond donors (Lipinski definition) is 0. The molecule has 0 amide bonds. The van der Waals surface area contributed by atoms with Crippen molar-refractivity contribution in [1.29, 1.82) is 0 Å². The minimum atomic E-state index is 0.620. The fraction of sp³-hybridized carbons (Fsp3) is 0.800. The molecule has 3 nitrogen and oxygen atoms in total. The lowest BCUT2D eigenvalue weighted by atomic mass is 9.95. The van der Waals surface area contributed by atoms with E-state index in [1.54, 1.807) is 11.3 Å². The van der Waals surface area contributed by atoms with E-state index in [9.17, 15) is 0 Å². The van der Waals surface area contributed by atoms with Gasteiger partial charge in [-0.1, -0.05) is 27.2 Å². The predicted octanol–water partition coefficient (Wildman–Crippen LogP) is 3.93. The summed E-state index contributed by atoms with van der Waals surface area (Å²) in [5.74, 6) is 1.35. The normalized spacial score (nSPS) is 14.8. The molecule has 0 radical (unpaired) electrons. The fourth-order valence-corrected chi connectivity index (χ4v) is 2.66. The minimum absolute atomic E-state index is 0.620. The monoisotopic (exact) mass is 284 g/mol. The van der Waals surface area contributed by atoms with E-state index in [0.29, 0.717) is 5.92 Å². The van der Waals surface area contributed by atoms with Crippen LogP contribution in [0.2, 0.25) is 0 Å². The van der Waals surface area contributed by atoms with Crippen molar-refractivity contribution in [3.8, 4) is 0 Å². The number of thiazole rings is 1. The lowest BCUT2D eigenvalue weighted by molar-refractivity contribution is -0.153. The summed E-state index contributed by atoms with van der Waals surface area (Å²) in [6.07, 6.45) is 3.37. The number of nitrogens with zero attached hydrogens (tertiary/aromatic N) is 2. The van der Waals surface area contributed by atoms with E-state index < -0.39 is 0 Å². The van der Waals surface area contributed by atoms with Crippen molar-refractivity contribution in [3.05, 3.63) is 16.1 Å². The second-order valence-corrected chi connectivity index (χ2v) is 6.44. The molecule has 0 fully saturated rings. The highest BCUT2D eigenvalue weighted by Gasteiger charge is 2.11. The third-order valence-electron chi connectivity index (χ3n) is 3.70. The highest BCUT2D eigenvalue weighted by molar-refractivity contribution is 7.09. The van der Waals surface area contributed by atoms with Crippen LogP contribution in [0.1, 0.15) is 44.3 Å². The van der Waals surface area contributed by atoms with Crippen molar-refractivity contribution in [2.24, 2.45) is 11.8 Å². The Morgan fingerprint density at radius 3 is 2.68 bits per heavy atom. The fourth-order valence-electron chi connectivity index (χ4n) is 1.85. The largest absolute Gasteiger partial charge is 0.299 e. The van der Waals surface area contributed by atoms with Gasteiger partial charge in [-0.3, -0.25) is 4.84 Å². The van der Waals surface area contributed by atoms with Crippen LogP contribution in [0.3, 0.4) is 0 Å². The standard InChI is InChI=1S/C15H28N2OS/c1-6-12(2)13(3)10-18-17(5)9-7-8-15-16-14(4)11-19-15/h11-13H,6-10H2,1-5H3/t12-,13?/m0/s1. The molecule has 0 spiro atoms. The Morgan fingerprint density at radius 1 is 1.37 bits per heavy atom. The van der Waals surface area contributed by atoms with Gasteiger partial charge in [-0.15, -0.1) is 11.3 Å². The third-order valence-corrected chi connectivity index (χ3v) is 4.73. The van der Waals surface area contributed by atoms with Crippen molar-refractivity contribution >= 4 is 11.3 Å². The van der Waals surface area contributed by atoms with Gasteiger partial charge in [0.1, 0.15) is 0 Å². The van der Waals surface area contributed by atoms with Gasteiger partial charge in [-0.2, -0.15) is 5.06 Å². The molecule has 0 aromatic carbocycles. The van der Waals surface area contributed by atoms with Crippen molar-refractivity contribution in [2.75, 3.05) is 20.2 Å². The number of hydroxylamine groups is 2. The Bertz CT molecular complexity index is 354. The summed E-state index contributed by atoms with van der Waals surface area (Å²) >= 11 is 1.76. The molecule has 0 aliphatic heterocycles. The van der Waals surface area contributed by atoms with E-state index in [-0.39, 0.29) is 0 Å². The molecule has 4 heteroatoms. The average Bonchev–Trinajstić information content (AvgIpc) is 2.80. The molecule has 1 aromatic rings. The maximum absolute atomic E-state index is 5.79. The lowest BCUT2D eigenvalue weighted by Gasteiger charge is -2.22. The van der Waals surface area contributed by atoms with Crippen LogP contribution >= 0.6 is 11.3 Å². The lowest BCUT2D eigenvalue weighted by Crippen LogP contribution is -2.25. The van der Waals surface area contributed by atoms with Gasteiger partial charge in [0, 0.05) is 31.1 Å². The molecule has 0 N–H and O–H groups in total. The highest BCUT2D eigenvalue weighted by Crippen LogP contribution is 2.15. The quantitative estimate of drug-likeness (QED) is 0.642. The molecule has 0 bridgehead atoms. The summed E-state index contributed by atoms with van der Waals surface area (Å²) in [7, 11) is 2.02. The van der Waals surface area contributed by atoms with Crippen molar-refractivity contribution in [2.45, 2.75) is 47.0 Å². The van der Waals surface area contributed by atoms with Crippen molar-refractivity contribution in [1.82, 2.24) is 10.0 Å². The van der Waals surface area contributed by atoms with Crippen LogP contribution < -0.4 is 0 Å². The van der Waals surface area contributed by atoms with Crippen LogP contribution in [-0.2, 0) is 11.3 Å². The average molecular weight is 284 g/mol. The van der Waals surface area contributed by atoms with Crippen LogP contribution in [0.5, 0.6) is 0 Å². The number of aromatic nitrogens is 1. The van der Waals surface area contributed by atoms with Gasteiger partial charge < -0.3 is 0 Å². The molecule has 110 valence electrons. The molecule has 2 atom stereocenters. The maximum Gasteiger partial charge on any atom is 0.0928 e. The minimum Gasteiger partial charge on any atom is -0.299 e. The first-order valence-electron chi connectivity index (χ1n) is 7.28. The molecule has 0 aliphatic rings. The SMILES string of the molecule is CC[C@H](C)C(C)CON(C)CCCc1nc(C)cs1. The predicted molar refractivity (Wildman–Crippen MR) is 82.4 cm³/mol. The van der Waals surface area contributed by atoms with E-state index in [0.717, 1.165) is 37.6 Å². The van der Waals surface area contributed by atoms with Crippen LogP contribution in [0.25, 0.3) is 0 Å². The Morgan fingerprint density at radius 2 is 2.11 bits per heavy atom. The van der Waals surface area contributed by atoms with E-state index in [2.05, 4.69) is 31.1 Å². The number of aryl methyl sites for hydroxylation is 2. The van der Waals surface area contributed by atoms with E-state index >= 15 is 0 Å². The third kappa shape index (κ3) is 6.50. The van der Waals surface area contributed by atoms with Crippen LogP contribution in [-0.4, -0.2) is 30.2 Å². The van der Waals surface area contributed by atoms with Gasteiger partial charge >= 0.3 is 0 Å². The van der Waals surface area contributed by atoms with Gasteiger partial charge in [-0.05, 0) is 25.2 Å². The van der Waals surface area contributed by atoms with Crippen molar-refractivity contribution in [3.63, 3.8) is 0 Å². The summed E-state index contributed by atoms with van der Waals surface area (Å²) in [4.78, 5) is 10.3. The highest BCUT2D eigenvalue weighted by atomic mass is 32.1. The van der Waals surface area contributed by atoms with E-state index in [1.165, 1.54) is 11.4 Å². The zero-order valence-corrected chi connectivity index (χ0v) is 13.8. The van der Waals surface area contributed by atoms with Gasteiger partial charge in [0.05, 0.1) is 11.6 Å². The Kier molecular flexibility index (Phi) is 7.57. The van der Waals surface area contributed by atoms with Crippen LogP contribution in [0.4, 0.5) is 0 Å². The van der Waals surface area contributed by atoms with E-state index in [4.69, 9.17) is 4.84 Å². The van der Waals surface area contributed by atoms with Gasteiger partial charge in [-0.25, -0.2) is 4.98 Å². The zero-order chi connectivity index (χ0) is 14.3. The zero-order valence-electron chi connectivity index (χ0n) is 13.0. The summed E-state index contributed by atoms with van der Waals surface area (Å²) in [6, 6.07) is 0. The van der Waals surface area contributed by atoms with Gasteiger partial charge in [0.25, 0.3) is 0 Å². The molecule has 0 aliphatic carbocycles. The topological polar surface area (TPSA) is 25.4 Å². The van der Waals surface area contributed by atoms with Gasteiger partial charge in [0.15, 0.2) is 0 Å². The Balaban J connectivity index is 2.12. The second-order valence-electron chi connectivity index (χ2n) is 5.50. The second kappa shape index (κ2) is 8.67. The first kappa shape index (κ1) is 16.6. The van der Waals surface area contributed by atoms with Crippen molar-refractivity contribution < 1.29 is 4.84 Å². The first-order chi connectivity index (χ1) is 9.02. The molecule has 1 aromatic heterocycles. The molecule has 0 saturated heterocycles. The van der Waals surface area contributed by atoms with E-state index in [1.807, 2.05) is 19.0 Å². The molecule has 1 heterocycles. The summed E-state index contributed by atoms with van der Waals surface area (Å²) < 4.78 is 0.